The van der Waals surface area contributed by atoms with Crippen LogP contribution >= 0.6 is 0 Å². The summed E-state index contributed by atoms with van der Waals surface area (Å²) < 4.78 is 40.0. The number of para-hydroxylation sites is 1. The number of benzene rings is 2. The highest BCUT2D eigenvalue weighted by Gasteiger charge is 2.33. The Balaban J connectivity index is 1.74. The highest BCUT2D eigenvalue weighted by atomic mass is 32.2. The lowest BCUT2D eigenvalue weighted by atomic mass is 10.3. The number of nitrogens with one attached hydrogen (secondary N) is 1. The van der Waals surface area contributed by atoms with E-state index in [0.717, 1.165) is 17.8 Å². The number of halogens is 1. The van der Waals surface area contributed by atoms with E-state index < -0.39 is 21.9 Å². The molecule has 0 bridgehead atoms. The van der Waals surface area contributed by atoms with Crippen LogP contribution in [0.25, 0.3) is 0 Å². The highest BCUT2D eigenvalue weighted by molar-refractivity contribution is 7.89. The molecule has 1 aliphatic rings. The Labute approximate surface area is 133 Å². The van der Waals surface area contributed by atoms with Crippen LogP contribution < -0.4 is 9.62 Å². The van der Waals surface area contributed by atoms with Crippen molar-refractivity contribution in [2.24, 2.45) is 0 Å². The van der Waals surface area contributed by atoms with Crippen LogP contribution in [-0.4, -0.2) is 26.9 Å². The number of amides is 1. The SMILES string of the molecule is O=C1C[C@H](NS(=O)(=O)c2ccc(F)cc2)CN1c1ccccc1. The van der Waals surface area contributed by atoms with Crippen molar-refractivity contribution < 1.29 is 17.6 Å². The number of rotatable bonds is 4. The molecular weight excluding hydrogens is 319 g/mol. The summed E-state index contributed by atoms with van der Waals surface area (Å²) in [6.07, 6.45) is 0.0926. The van der Waals surface area contributed by atoms with Crippen LogP contribution in [0.5, 0.6) is 0 Å². The fraction of sp³-hybridized carbons (Fsp3) is 0.188. The molecule has 0 saturated carbocycles. The van der Waals surface area contributed by atoms with Crippen molar-refractivity contribution >= 4 is 21.6 Å². The molecule has 1 amide bonds. The lowest BCUT2D eigenvalue weighted by Gasteiger charge is -2.17. The maximum Gasteiger partial charge on any atom is 0.240 e. The molecule has 5 nitrogen and oxygen atoms in total. The second kappa shape index (κ2) is 6.10. The zero-order chi connectivity index (χ0) is 16.4. The topological polar surface area (TPSA) is 66.5 Å². The average molecular weight is 334 g/mol. The van der Waals surface area contributed by atoms with Gasteiger partial charge in [0.2, 0.25) is 15.9 Å². The molecule has 0 unspecified atom stereocenters. The van der Waals surface area contributed by atoms with Crippen molar-refractivity contribution in [1.82, 2.24) is 4.72 Å². The van der Waals surface area contributed by atoms with Gasteiger partial charge in [-0.1, -0.05) is 18.2 Å². The molecule has 1 heterocycles. The van der Waals surface area contributed by atoms with Crippen molar-refractivity contribution in [2.45, 2.75) is 17.4 Å². The molecule has 7 heteroatoms. The Hall–Kier alpha value is -2.25. The van der Waals surface area contributed by atoms with Gasteiger partial charge in [0.25, 0.3) is 0 Å². The quantitative estimate of drug-likeness (QED) is 0.929. The number of sulfonamides is 1. The summed E-state index contributed by atoms with van der Waals surface area (Å²) in [5.74, 6) is -0.641. The predicted molar refractivity (Wildman–Crippen MR) is 83.9 cm³/mol. The lowest BCUT2D eigenvalue weighted by molar-refractivity contribution is -0.117. The van der Waals surface area contributed by atoms with Gasteiger partial charge in [-0.3, -0.25) is 4.79 Å². The van der Waals surface area contributed by atoms with Crippen LogP contribution in [0.4, 0.5) is 10.1 Å². The first kappa shape index (κ1) is 15.6. The number of hydrogen-bond donors (Lipinski definition) is 1. The van der Waals surface area contributed by atoms with Crippen LogP contribution in [0, 0.1) is 5.82 Å². The molecule has 0 radical (unpaired) electrons. The Bertz CT molecular complexity index is 807. The first-order valence-electron chi connectivity index (χ1n) is 7.09. The van der Waals surface area contributed by atoms with Gasteiger partial charge < -0.3 is 4.90 Å². The van der Waals surface area contributed by atoms with E-state index in [1.807, 2.05) is 18.2 Å². The van der Waals surface area contributed by atoms with Crippen LogP contribution in [0.1, 0.15) is 6.42 Å². The first-order valence-corrected chi connectivity index (χ1v) is 8.57. The standard InChI is InChI=1S/C16H15FN2O3S/c17-12-6-8-15(9-7-12)23(21,22)18-13-10-16(20)19(11-13)14-4-2-1-3-5-14/h1-9,13,18H,10-11H2/t13-/m0/s1. The smallest absolute Gasteiger partial charge is 0.240 e. The van der Waals surface area contributed by atoms with Gasteiger partial charge in [0.15, 0.2) is 0 Å². The fourth-order valence-electron chi connectivity index (χ4n) is 2.55. The molecule has 2 aromatic carbocycles. The molecule has 0 aliphatic carbocycles. The lowest BCUT2D eigenvalue weighted by Crippen LogP contribution is -2.37. The Morgan fingerprint density at radius 2 is 1.70 bits per heavy atom. The summed E-state index contributed by atoms with van der Waals surface area (Å²) in [5, 5.41) is 0. The van der Waals surface area contributed by atoms with Crippen molar-refractivity contribution in [3.05, 3.63) is 60.4 Å². The molecule has 1 saturated heterocycles. The monoisotopic (exact) mass is 334 g/mol. The van der Waals surface area contributed by atoms with Gasteiger partial charge >= 0.3 is 0 Å². The Kier molecular flexibility index (Phi) is 4.14. The normalized spacial score (nSPS) is 18.4. The maximum absolute atomic E-state index is 12.9. The van der Waals surface area contributed by atoms with Gasteiger partial charge in [0.05, 0.1) is 4.90 Å². The van der Waals surface area contributed by atoms with E-state index in [4.69, 9.17) is 0 Å². The first-order chi connectivity index (χ1) is 11.0. The molecule has 2 aromatic rings. The number of carbonyl (C=O) groups is 1. The van der Waals surface area contributed by atoms with Crippen molar-refractivity contribution in [1.29, 1.82) is 0 Å². The molecular formula is C16H15FN2O3S. The predicted octanol–water partition coefficient (Wildman–Crippen LogP) is 1.91. The zero-order valence-electron chi connectivity index (χ0n) is 12.1. The summed E-state index contributed by atoms with van der Waals surface area (Å²) in [6, 6.07) is 13.1. The van der Waals surface area contributed by atoms with Crippen LogP contribution in [0.2, 0.25) is 0 Å². The van der Waals surface area contributed by atoms with Gasteiger partial charge in [-0.05, 0) is 36.4 Å². The molecule has 23 heavy (non-hydrogen) atoms. The third-order valence-corrected chi connectivity index (χ3v) is 5.18. The molecule has 0 spiro atoms. The number of anilines is 1. The second-order valence-corrected chi connectivity index (χ2v) is 7.03. The number of nitrogens with zero attached hydrogens (tertiary/aromatic N) is 1. The summed E-state index contributed by atoms with van der Waals surface area (Å²) in [7, 11) is -3.79. The van der Waals surface area contributed by atoms with E-state index in [0.29, 0.717) is 0 Å². The molecule has 1 N–H and O–H groups in total. The van der Waals surface area contributed by atoms with Gasteiger partial charge in [0.1, 0.15) is 5.82 Å². The van der Waals surface area contributed by atoms with Crippen molar-refractivity contribution in [2.75, 3.05) is 11.4 Å². The van der Waals surface area contributed by atoms with Crippen LogP contribution in [0.15, 0.2) is 59.5 Å². The Morgan fingerprint density at radius 1 is 1.04 bits per heavy atom. The van der Waals surface area contributed by atoms with Gasteiger partial charge in [-0.2, -0.15) is 0 Å². The van der Waals surface area contributed by atoms with E-state index in [1.165, 1.54) is 12.1 Å². The van der Waals surface area contributed by atoms with E-state index >= 15 is 0 Å². The minimum absolute atomic E-state index is 0.0236. The van der Waals surface area contributed by atoms with E-state index in [-0.39, 0.29) is 23.8 Å². The van der Waals surface area contributed by atoms with Gasteiger partial charge in [-0.25, -0.2) is 17.5 Å². The molecule has 0 aromatic heterocycles. The van der Waals surface area contributed by atoms with Crippen LogP contribution in [-0.2, 0) is 14.8 Å². The van der Waals surface area contributed by atoms with E-state index in [2.05, 4.69) is 4.72 Å². The molecule has 1 aliphatic heterocycles. The van der Waals surface area contributed by atoms with Crippen LogP contribution in [0.3, 0.4) is 0 Å². The minimum Gasteiger partial charge on any atom is -0.311 e. The number of hydrogen-bond acceptors (Lipinski definition) is 3. The third-order valence-electron chi connectivity index (χ3n) is 3.64. The van der Waals surface area contributed by atoms with Crippen molar-refractivity contribution in [3.8, 4) is 0 Å². The number of carbonyl (C=O) groups excluding carboxylic acids is 1. The highest BCUT2D eigenvalue weighted by Crippen LogP contribution is 2.22. The summed E-state index contributed by atoms with van der Waals surface area (Å²) in [6.45, 7) is 0.267. The molecule has 1 atom stereocenters. The molecule has 120 valence electrons. The summed E-state index contributed by atoms with van der Waals surface area (Å²) in [4.78, 5) is 13.6. The zero-order valence-corrected chi connectivity index (χ0v) is 13.0. The minimum atomic E-state index is -3.79. The Morgan fingerprint density at radius 3 is 2.35 bits per heavy atom. The fourth-order valence-corrected chi connectivity index (χ4v) is 3.77. The van der Waals surface area contributed by atoms with E-state index in [1.54, 1.807) is 17.0 Å². The van der Waals surface area contributed by atoms with E-state index in [9.17, 15) is 17.6 Å². The molecule has 3 rings (SSSR count). The molecule has 1 fully saturated rings. The maximum atomic E-state index is 12.9. The van der Waals surface area contributed by atoms with Gasteiger partial charge in [-0.15, -0.1) is 0 Å². The third kappa shape index (κ3) is 3.40. The van der Waals surface area contributed by atoms with Crippen molar-refractivity contribution in [3.63, 3.8) is 0 Å². The van der Waals surface area contributed by atoms with Gasteiger partial charge in [0, 0.05) is 24.7 Å². The largest absolute Gasteiger partial charge is 0.311 e. The average Bonchev–Trinajstić information content (AvgIpc) is 2.88. The second-order valence-electron chi connectivity index (χ2n) is 5.32. The summed E-state index contributed by atoms with van der Waals surface area (Å²) in [5.41, 5.74) is 0.737. The summed E-state index contributed by atoms with van der Waals surface area (Å²) >= 11 is 0.